The van der Waals surface area contributed by atoms with Gasteiger partial charge in [0.25, 0.3) is 0 Å². The summed E-state index contributed by atoms with van der Waals surface area (Å²) in [5.74, 6) is -5.09. The molecule has 3 heterocycles. The monoisotopic (exact) mass is 459 g/mol. The lowest BCUT2D eigenvalue weighted by Crippen LogP contribution is -2.25. The Morgan fingerprint density at radius 2 is 2.00 bits per heavy atom. The number of aryl methyl sites for hydroxylation is 1. The van der Waals surface area contributed by atoms with Crippen LogP contribution in [0.5, 0.6) is 0 Å². The average molecular weight is 459 g/mol. The summed E-state index contributed by atoms with van der Waals surface area (Å²) in [6.07, 6.45) is 0.270. The van der Waals surface area contributed by atoms with Crippen LogP contribution in [-0.2, 0) is 10.7 Å². The van der Waals surface area contributed by atoms with Crippen molar-refractivity contribution in [1.29, 1.82) is 0 Å². The molecule has 4 aromatic rings. The molecule has 0 aliphatic heterocycles. The van der Waals surface area contributed by atoms with E-state index in [0.29, 0.717) is 16.9 Å². The maximum atomic E-state index is 15.2. The zero-order chi connectivity index (χ0) is 23.8. The van der Waals surface area contributed by atoms with Crippen molar-refractivity contribution in [3.05, 3.63) is 71.1 Å². The van der Waals surface area contributed by atoms with Crippen molar-refractivity contribution in [1.82, 2.24) is 30.1 Å². The van der Waals surface area contributed by atoms with Crippen molar-refractivity contribution in [2.75, 3.05) is 11.9 Å². The molecule has 0 bridgehead atoms. The number of aliphatic hydroxyl groups excluding tert-OH is 1. The largest absolute Gasteiger partial charge is 0.387 e. The molecular formula is C21H20F3N7O2. The lowest BCUT2D eigenvalue weighted by molar-refractivity contribution is -0.119. The minimum absolute atomic E-state index is 0.0197. The molecule has 4 rings (SSSR count). The summed E-state index contributed by atoms with van der Waals surface area (Å²) in [4.78, 5) is 15.2. The van der Waals surface area contributed by atoms with Crippen LogP contribution in [0.1, 0.15) is 35.7 Å². The van der Waals surface area contributed by atoms with Gasteiger partial charge in [0.2, 0.25) is 11.7 Å². The molecule has 1 amide bonds. The number of fused-ring (bicyclic) bond motifs is 1. The standard InChI is InChI=1S/C21H20F3N7O2/c1-11-7-18(29-28-11)26-19-16-8-13(17(33)9-25-12(2)32)10-31(16)30-20(27-19)21(23,24)14-3-5-15(22)6-4-14/h3-8,10,17,33H,9H2,1-2H3,(H,25,32)(H2,26,27,28,29,30). The minimum atomic E-state index is -3.64. The van der Waals surface area contributed by atoms with Crippen molar-refractivity contribution >= 4 is 23.1 Å². The Balaban J connectivity index is 1.80. The molecule has 9 nitrogen and oxygen atoms in total. The highest BCUT2D eigenvalue weighted by molar-refractivity contribution is 5.74. The first-order chi connectivity index (χ1) is 15.6. The van der Waals surface area contributed by atoms with Crippen LogP contribution in [0.4, 0.5) is 24.8 Å². The van der Waals surface area contributed by atoms with Crippen molar-refractivity contribution in [2.24, 2.45) is 0 Å². The van der Waals surface area contributed by atoms with Crippen molar-refractivity contribution in [2.45, 2.75) is 25.9 Å². The van der Waals surface area contributed by atoms with Crippen LogP contribution in [0.15, 0.2) is 42.6 Å². The number of anilines is 2. The van der Waals surface area contributed by atoms with E-state index in [1.54, 1.807) is 13.0 Å². The average Bonchev–Trinajstić information content (AvgIpc) is 3.38. The lowest BCUT2D eigenvalue weighted by Gasteiger charge is -2.16. The van der Waals surface area contributed by atoms with Gasteiger partial charge in [0.1, 0.15) is 11.3 Å². The van der Waals surface area contributed by atoms with Gasteiger partial charge >= 0.3 is 5.92 Å². The molecule has 3 aromatic heterocycles. The zero-order valence-electron chi connectivity index (χ0n) is 17.6. The molecule has 1 aromatic carbocycles. The number of hydrogen-bond acceptors (Lipinski definition) is 6. The van der Waals surface area contributed by atoms with E-state index < -0.39 is 29.2 Å². The van der Waals surface area contributed by atoms with Gasteiger partial charge in [0, 0.05) is 42.6 Å². The van der Waals surface area contributed by atoms with E-state index in [4.69, 9.17) is 0 Å². The molecule has 0 saturated heterocycles. The number of carbonyl (C=O) groups is 1. The number of amides is 1. The van der Waals surface area contributed by atoms with Crippen LogP contribution in [0, 0.1) is 12.7 Å². The highest BCUT2D eigenvalue weighted by atomic mass is 19.3. The maximum absolute atomic E-state index is 15.2. The first-order valence-electron chi connectivity index (χ1n) is 9.89. The van der Waals surface area contributed by atoms with E-state index in [1.165, 1.54) is 19.2 Å². The predicted octanol–water partition coefficient (Wildman–Crippen LogP) is 2.95. The van der Waals surface area contributed by atoms with Crippen LogP contribution in [0.3, 0.4) is 0 Å². The van der Waals surface area contributed by atoms with Gasteiger partial charge in [0.15, 0.2) is 11.6 Å². The molecule has 0 spiro atoms. The van der Waals surface area contributed by atoms with E-state index in [9.17, 15) is 14.3 Å². The summed E-state index contributed by atoms with van der Waals surface area (Å²) in [5.41, 5.74) is 0.886. The number of alkyl halides is 2. The van der Waals surface area contributed by atoms with E-state index >= 15 is 8.78 Å². The normalized spacial score (nSPS) is 12.7. The summed E-state index contributed by atoms with van der Waals surface area (Å²) >= 11 is 0. The lowest BCUT2D eigenvalue weighted by atomic mass is 10.1. The van der Waals surface area contributed by atoms with Gasteiger partial charge in [-0.05, 0) is 37.3 Å². The maximum Gasteiger partial charge on any atom is 0.333 e. The van der Waals surface area contributed by atoms with Gasteiger partial charge in [-0.15, -0.1) is 5.10 Å². The fourth-order valence-corrected chi connectivity index (χ4v) is 3.18. The Bertz CT molecular complexity index is 1300. The summed E-state index contributed by atoms with van der Waals surface area (Å²) in [5, 5.41) is 26.5. The number of H-pyrrole nitrogens is 1. The van der Waals surface area contributed by atoms with Gasteiger partial charge < -0.3 is 15.7 Å². The number of nitrogens with zero attached hydrogens (tertiary/aromatic N) is 4. The molecule has 12 heteroatoms. The van der Waals surface area contributed by atoms with Gasteiger partial charge in [-0.2, -0.15) is 13.9 Å². The summed E-state index contributed by atoms with van der Waals surface area (Å²) in [7, 11) is 0. The van der Waals surface area contributed by atoms with Crippen molar-refractivity contribution in [3.8, 4) is 0 Å². The number of aromatic amines is 1. The number of halogens is 3. The number of rotatable bonds is 7. The SMILES string of the molecule is CC(=O)NCC(O)c1cc2c(Nc3cc(C)[nH]n3)nc(C(F)(F)c3ccc(F)cc3)nn2c1. The van der Waals surface area contributed by atoms with Gasteiger partial charge in [0.05, 0.1) is 6.10 Å². The van der Waals surface area contributed by atoms with Gasteiger partial charge in [-0.25, -0.2) is 13.9 Å². The van der Waals surface area contributed by atoms with E-state index in [0.717, 1.165) is 34.5 Å². The smallest absolute Gasteiger partial charge is 0.333 e. The molecule has 0 aliphatic carbocycles. The quantitative estimate of drug-likeness (QED) is 0.337. The Kier molecular flexibility index (Phi) is 5.77. The second kappa shape index (κ2) is 8.54. The zero-order valence-corrected chi connectivity index (χ0v) is 17.6. The van der Waals surface area contributed by atoms with Crippen molar-refractivity contribution < 1.29 is 23.1 Å². The van der Waals surface area contributed by atoms with Crippen LogP contribution in [-0.4, -0.2) is 42.4 Å². The fraction of sp³-hybridized carbons (Fsp3) is 0.238. The molecule has 172 valence electrons. The molecule has 0 saturated carbocycles. The number of hydrogen-bond donors (Lipinski definition) is 4. The van der Waals surface area contributed by atoms with Crippen LogP contribution in [0.2, 0.25) is 0 Å². The van der Waals surface area contributed by atoms with E-state index in [1.807, 2.05) is 0 Å². The summed E-state index contributed by atoms with van der Waals surface area (Å²) in [6, 6.07) is 6.97. The van der Waals surface area contributed by atoms with Crippen LogP contribution in [0.25, 0.3) is 5.52 Å². The molecule has 0 aliphatic rings. The Hall–Kier alpha value is -3.93. The number of carbonyl (C=O) groups excluding carboxylic acids is 1. The van der Waals surface area contributed by atoms with Crippen LogP contribution >= 0.6 is 0 Å². The number of aromatic nitrogens is 5. The summed E-state index contributed by atoms with van der Waals surface area (Å²) < 4.78 is 44.9. The first-order valence-corrected chi connectivity index (χ1v) is 9.89. The molecule has 0 radical (unpaired) electrons. The third kappa shape index (κ3) is 4.65. The Morgan fingerprint density at radius 3 is 2.64 bits per heavy atom. The van der Waals surface area contributed by atoms with E-state index in [-0.39, 0.29) is 18.3 Å². The topological polar surface area (TPSA) is 120 Å². The first kappa shape index (κ1) is 22.3. The van der Waals surface area contributed by atoms with Gasteiger partial charge in [-0.1, -0.05) is 0 Å². The second-order valence-electron chi connectivity index (χ2n) is 7.48. The Labute approximate surface area is 185 Å². The number of benzene rings is 1. The van der Waals surface area contributed by atoms with Crippen LogP contribution < -0.4 is 10.6 Å². The highest BCUT2D eigenvalue weighted by Gasteiger charge is 2.39. The molecule has 0 fully saturated rings. The third-order valence-electron chi connectivity index (χ3n) is 4.85. The fourth-order valence-electron chi connectivity index (χ4n) is 3.18. The second-order valence-corrected chi connectivity index (χ2v) is 7.48. The molecule has 4 N–H and O–H groups in total. The number of nitrogens with one attached hydrogen (secondary N) is 3. The molecular weight excluding hydrogens is 439 g/mol. The molecule has 1 unspecified atom stereocenters. The molecule has 33 heavy (non-hydrogen) atoms. The summed E-state index contributed by atoms with van der Waals surface area (Å²) in [6.45, 7) is 3.02. The van der Waals surface area contributed by atoms with E-state index in [2.05, 4.69) is 30.9 Å². The number of aliphatic hydroxyl groups is 1. The van der Waals surface area contributed by atoms with Crippen molar-refractivity contribution in [3.63, 3.8) is 0 Å². The minimum Gasteiger partial charge on any atom is -0.387 e. The highest BCUT2D eigenvalue weighted by Crippen LogP contribution is 2.35. The third-order valence-corrected chi connectivity index (χ3v) is 4.85. The van der Waals surface area contributed by atoms with Gasteiger partial charge in [-0.3, -0.25) is 9.89 Å². The molecule has 1 atom stereocenters. The predicted molar refractivity (Wildman–Crippen MR) is 113 cm³/mol. The Morgan fingerprint density at radius 1 is 1.27 bits per heavy atom.